The number of hydrogen-bond donors (Lipinski definition) is 0. The van der Waals surface area contributed by atoms with Gasteiger partial charge in [0, 0.05) is 42.6 Å². The van der Waals surface area contributed by atoms with E-state index in [1.807, 2.05) is 30.3 Å². The van der Waals surface area contributed by atoms with Crippen molar-refractivity contribution in [2.75, 3.05) is 24.6 Å². The summed E-state index contributed by atoms with van der Waals surface area (Å²) in [5.74, 6) is 0. The van der Waals surface area contributed by atoms with Crippen LogP contribution in [0.1, 0.15) is 18.1 Å². The molecule has 1 unspecified atom stereocenters. The third-order valence-electron chi connectivity index (χ3n) is 4.88. The molecule has 4 rings (SSSR count). The number of fused-ring (bicyclic) bond motifs is 1. The van der Waals surface area contributed by atoms with Gasteiger partial charge in [0.05, 0.1) is 24.9 Å². The summed E-state index contributed by atoms with van der Waals surface area (Å²) in [6.07, 6.45) is 5.85. The van der Waals surface area contributed by atoms with Crippen LogP contribution in [-0.2, 0) is 17.4 Å². The maximum atomic E-state index is 6.14. The van der Waals surface area contributed by atoms with Crippen LogP contribution in [-0.4, -0.2) is 34.5 Å². The van der Waals surface area contributed by atoms with Gasteiger partial charge in [-0.25, -0.2) is 0 Å². The minimum atomic E-state index is -0.355. The molecule has 5 heteroatoms. The summed E-state index contributed by atoms with van der Waals surface area (Å²) in [5, 5.41) is 5.51. The SMILES string of the molecule is Cc1cccc2c(N3CCOC(C)(c4cnn(C)c4)C3)ccnc12. The Kier molecular flexibility index (Phi) is 3.53. The van der Waals surface area contributed by atoms with Crippen molar-refractivity contribution in [1.82, 2.24) is 14.8 Å². The number of pyridine rings is 1. The number of hydrogen-bond acceptors (Lipinski definition) is 4. The zero-order valence-corrected chi connectivity index (χ0v) is 14.4. The van der Waals surface area contributed by atoms with Crippen LogP contribution in [0, 0.1) is 6.92 Å². The molecular weight excluding hydrogens is 300 g/mol. The number of aryl methyl sites for hydroxylation is 2. The van der Waals surface area contributed by atoms with Gasteiger partial charge < -0.3 is 9.64 Å². The number of rotatable bonds is 2. The van der Waals surface area contributed by atoms with Crippen molar-refractivity contribution in [1.29, 1.82) is 0 Å². The Morgan fingerprint density at radius 3 is 2.92 bits per heavy atom. The molecule has 24 heavy (non-hydrogen) atoms. The molecule has 5 nitrogen and oxygen atoms in total. The summed E-state index contributed by atoms with van der Waals surface area (Å²) in [6, 6.07) is 8.47. The van der Waals surface area contributed by atoms with Crippen molar-refractivity contribution >= 4 is 16.6 Å². The molecule has 1 aliphatic heterocycles. The minimum Gasteiger partial charge on any atom is -0.367 e. The van der Waals surface area contributed by atoms with E-state index in [1.165, 1.54) is 16.6 Å². The number of anilines is 1. The lowest BCUT2D eigenvalue weighted by atomic mass is 9.96. The Hall–Kier alpha value is -2.40. The van der Waals surface area contributed by atoms with Crippen LogP contribution >= 0.6 is 0 Å². The molecule has 0 saturated carbocycles. The second kappa shape index (κ2) is 5.60. The third kappa shape index (κ3) is 2.45. The third-order valence-corrected chi connectivity index (χ3v) is 4.88. The van der Waals surface area contributed by atoms with Crippen LogP contribution in [0.4, 0.5) is 5.69 Å². The molecule has 3 heterocycles. The molecule has 1 saturated heterocycles. The van der Waals surface area contributed by atoms with E-state index in [0.717, 1.165) is 24.2 Å². The Morgan fingerprint density at radius 1 is 1.25 bits per heavy atom. The Morgan fingerprint density at radius 2 is 2.12 bits per heavy atom. The van der Waals surface area contributed by atoms with Crippen LogP contribution < -0.4 is 4.90 Å². The van der Waals surface area contributed by atoms with Gasteiger partial charge in [0.1, 0.15) is 5.60 Å². The van der Waals surface area contributed by atoms with Gasteiger partial charge in [0.2, 0.25) is 0 Å². The first kappa shape index (κ1) is 15.1. The second-order valence-electron chi connectivity index (χ2n) is 6.70. The average molecular weight is 322 g/mol. The fraction of sp³-hybridized carbons (Fsp3) is 0.368. The molecule has 1 atom stereocenters. The predicted octanol–water partition coefficient (Wildman–Crippen LogP) is 3.03. The smallest absolute Gasteiger partial charge is 0.111 e. The summed E-state index contributed by atoms with van der Waals surface area (Å²) in [7, 11) is 1.94. The fourth-order valence-electron chi connectivity index (χ4n) is 3.53. The molecular formula is C19H22N4O. The normalized spacial score (nSPS) is 21.4. The molecule has 0 radical (unpaired) electrons. The molecule has 0 bridgehead atoms. The van der Waals surface area contributed by atoms with Gasteiger partial charge in [-0.1, -0.05) is 18.2 Å². The lowest BCUT2D eigenvalue weighted by Gasteiger charge is -2.41. The first-order valence-corrected chi connectivity index (χ1v) is 8.29. The zero-order chi connectivity index (χ0) is 16.7. The largest absolute Gasteiger partial charge is 0.367 e. The number of nitrogens with zero attached hydrogens (tertiary/aromatic N) is 4. The molecule has 0 amide bonds. The van der Waals surface area contributed by atoms with Crippen molar-refractivity contribution < 1.29 is 4.74 Å². The van der Waals surface area contributed by atoms with E-state index in [9.17, 15) is 0 Å². The Balaban J connectivity index is 1.74. The standard InChI is InChI=1S/C19H22N4O/c1-14-5-4-6-16-17(7-8-20-18(14)16)23-9-10-24-19(2,13-23)15-11-21-22(3)12-15/h4-8,11-12H,9-10,13H2,1-3H3. The summed E-state index contributed by atoms with van der Waals surface area (Å²) in [5.41, 5.74) is 4.26. The zero-order valence-electron chi connectivity index (χ0n) is 14.4. The monoisotopic (exact) mass is 322 g/mol. The van der Waals surface area contributed by atoms with E-state index in [0.29, 0.717) is 6.61 Å². The van der Waals surface area contributed by atoms with Crippen LogP contribution in [0.3, 0.4) is 0 Å². The number of para-hydroxylation sites is 1. The number of morpholine rings is 1. The van der Waals surface area contributed by atoms with Gasteiger partial charge in [-0.05, 0) is 25.5 Å². The quantitative estimate of drug-likeness (QED) is 0.727. The molecule has 0 N–H and O–H groups in total. The first-order valence-electron chi connectivity index (χ1n) is 8.29. The van der Waals surface area contributed by atoms with E-state index in [2.05, 4.69) is 53.1 Å². The summed E-state index contributed by atoms with van der Waals surface area (Å²) in [4.78, 5) is 6.97. The van der Waals surface area contributed by atoms with Gasteiger partial charge >= 0.3 is 0 Å². The maximum absolute atomic E-state index is 6.14. The number of aromatic nitrogens is 3. The van der Waals surface area contributed by atoms with Gasteiger partial charge in [0.25, 0.3) is 0 Å². The minimum absolute atomic E-state index is 0.355. The number of ether oxygens (including phenoxy) is 1. The highest BCUT2D eigenvalue weighted by atomic mass is 16.5. The fourth-order valence-corrected chi connectivity index (χ4v) is 3.53. The van der Waals surface area contributed by atoms with Crippen LogP contribution in [0.25, 0.3) is 10.9 Å². The molecule has 1 aromatic carbocycles. The van der Waals surface area contributed by atoms with E-state index in [1.54, 1.807) is 0 Å². The van der Waals surface area contributed by atoms with Gasteiger partial charge in [0.15, 0.2) is 0 Å². The molecule has 1 fully saturated rings. The lowest BCUT2D eigenvalue weighted by molar-refractivity contribution is -0.0465. The molecule has 3 aromatic rings. The highest BCUT2D eigenvalue weighted by Crippen LogP contribution is 2.34. The molecule has 2 aromatic heterocycles. The van der Waals surface area contributed by atoms with E-state index in [-0.39, 0.29) is 5.60 Å². The van der Waals surface area contributed by atoms with E-state index >= 15 is 0 Å². The second-order valence-corrected chi connectivity index (χ2v) is 6.70. The van der Waals surface area contributed by atoms with Gasteiger partial charge in [-0.2, -0.15) is 5.10 Å². The topological polar surface area (TPSA) is 43.2 Å². The highest BCUT2D eigenvalue weighted by molar-refractivity contribution is 5.93. The van der Waals surface area contributed by atoms with Crippen molar-refractivity contribution in [2.24, 2.45) is 7.05 Å². The summed E-state index contributed by atoms with van der Waals surface area (Å²) >= 11 is 0. The van der Waals surface area contributed by atoms with Crippen LogP contribution in [0.5, 0.6) is 0 Å². The highest BCUT2D eigenvalue weighted by Gasteiger charge is 2.35. The molecule has 124 valence electrons. The maximum Gasteiger partial charge on any atom is 0.111 e. The molecule has 0 aliphatic carbocycles. The average Bonchev–Trinajstić information content (AvgIpc) is 3.02. The summed E-state index contributed by atoms with van der Waals surface area (Å²) < 4.78 is 7.97. The van der Waals surface area contributed by atoms with Crippen molar-refractivity contribution in [3.63, 3.8) is 0 Å². The molecule has 1 aliphatic rings. The summed E-state index contributed by atoms with van der Waals surface area (Å²) in [6.45, 7) is 6.62. The first-order chi connectivity index (χ1) is 11.6. The lowest BCUT2D eigenvalue weighted by Crippen LogP contribution is -2.48. The van der Waals surface area contributed by atoms with Crippen molar-refractivity contribution in [2.45, 2.75) is 19.4 Å². The van der Waals surface area contributed by atoms with Crippen molar-refractivity contribution in [3.05, 3.63) is 54.0 Å². The van der Waals surface area contributed by atoms with E-state index in [4.69, 9.17) is 4.74 Å². The Bertz CT molecular complexity index is 888. The Labute approximate surface area is 141 Å². The van der Waals surface area contributed by atoms with Gasteiger partial charge in [-0.15, -0.1) is 0 Å². The molecule has 0 spiro atoms. The van der Waals surface area contributed by atoms with Crippen LogP contribution in [0.2, 0.25) is 0 Å². The van der Waals surface area contributed by atoms with Gasteiger partial charge in [-0.3, -0.25) is 9.67 Å². The van der Waals surface area contributed by atoms with E-state index < -0.39 is 0 Å². The number of benzene rings is 1. The van der Waals surface area contributed by atoms with Crippen LogP contribution in [0.15, 0.2) is 42.9 Å². The predicted molar refractivity (Wildman–Crippen MR) is 95.2 cm³/mol. The van der Waals surface area contributed by atoms with Crippen molar-refractivity contribution in [3.8, 4) is 0 Å².